The summed E-state index contributed by atoms with van der Waals surface area (Å²) in [5.74, 6) is 0. The minimum absolute atomic E-state index is 0.672. The van der Waals surface area contributed by atoms with Crippen molar-refractivity contribution < 1.29 is 0 Å². The topological polar surface area (TPSA) is 6.48 Å². The molecule has 24 heavy (non-hydrogen) atoms. The largest absolute Gasteiger partial charge is 0.296 e. The molecule has 0 bridgehead atoms. The molecule has 4 unspecified atom stereocenters. The number of nitrogens with zero attached hydrogens (tertiary/aromatic N) is 2. The monoisotopic (exact) mass is 328 g/mol. The molecule has 0 amide bonds. The molecule has 0 aliphatic carbocycles. The van der Waals surface area contributed by atoms with Gasteiger partial charge in [-0.15, -0.1) is 26.3 Å². The first-order valence-corrected chi connectivity index (χ1v) is 9.70. The second kappa shape index (κ2) is 10.0. The first kappa shape index (κ1) is 19.2. The van der Waals surface area contributed by atoms with Gasteiger partial charge in [0.2, 0.25) is 0 Å². The van der Waals surface area contributed by atoms with Gasteiger partial charge in [-0.2, -0.15) is 0 Å². The molecule has 2 aliphatic rings. The molecule has 2 heterocycles. The molecule has 4 atom stereocenters. The first-order valence-electron chi connectivity index (χ1n) is 9.70. The highest BCUT2D eigenvalue weighted by Gasteiger charge is 2.35. The van der Waals surface area contributed by atoms with E-state index in [0.29, 0.717) is 24.2 Å². The first-order chi connectivity index (χ1) is 11.7. The standard InChI is InChI=1S/C22H36N2/c1-5-9-19-13-14-20(10-6-2)23(19)17-18-24-21(11-7-3)15-16-22(24)12-8-4/h5-8,19-22H,1-4,9-18H2. The van der Waals surface area contributed by atoms with Gasteiger partial charge in [-0.1, -0.05) is 24.3 Å². The van der Waals surface area contributed by atoms with Crippen LogP contribution in [0.5, 0.6) is 0 Å². The highest BCUT2D eigenvalue weighted by Crippen LogP contribution is 2.31. The predicted molar refractivity (Wildman–Crippen MR) is 106 cm³/mol. The molecule has 134 valence electrons. The lowest BCUT2D eigenvalue weighted by molar-refractivity contribution is 0.128. The Kier molecular flexibility index (Phi) is 8.01. The van der Waals surface area contributed by atoms with Crippen molar-refractivity contribution >= 4 is 0 Å². The average molecular weight is 329 g/mol. The van der Waals surface area contributed by atoms with Gasteiger partial charge < -0.3 is 0 Å². The predicted octanol–water partition coefficient (Wildman–Crippen LogP) is 4.96. The third-order valence-corrected chi connectivity index (χ3v) is 5.91. The van der Waals surface area contributed by atoms with E-state index in [2.05, 4.69) is 60.4 Å². The molecule has 2 rings (SSSR count). The van der Waals surface area contributed by atoms with Crippen molar-refractivity contribution in [2.45, 2.75) is 75.5 Å². The zero-order valence-corrected chi connectivity index (χ0v) is 15.4. The van der Waals surface area contributed by atoms with Gasteiger partial charge in [0.05, 0.1) is 0 Å². The van der Waals surface area contributed by atoms with E-state index in [1.54, 1.807) is 0 Å². The van der Waals surface area contributed by atoms with Gasteiger partial charge in [-0.3, -0.25) is 9.80 Å². The summed E-state index contributed by atoms with van der Waals surface area (Å²) in [5.41, 5.74) is 0. The minimum atomic E-state index is 0.672. The Bertz CT molecular complexity index is 352. The third-order valence-electron chi connectivity index (χ3n) is 5.91. The van der Waals surface area contributed by atoms with Crippen LogP contribution in [0.25, 0.3) is 0 Å². The minimum Gasteiger partial charge on any atom is -0.296 e. The van der Waals surface area contributed by atoms with E-state index in [-0.39, 0.29) is 0 Å². The SMILES string of the molecule is C=CCC1CCC(CC=C)N1CCN1C(CC=C)CCC1CC=C. The Balaban J connectivity index is 2.00. The molecule has 0 spiro atoms. The third kappa shape index (κ3) is 4.70. The van der Waals surface area contributed by atoms with Crippen molar-refractivity contribution in [1.29, 1.82) is 0 Å². The Morgan fingerprint density at radius 1 is 0.542 bits per heavy atom. The highest BCUT2D eigenvalue weighted by molar-refractivity contribution is 4.97. The van der Waals surface area contributed by atoms with Crippen LogP contribution in [0, 0.1) is 0 Å². The average Bonchev–Trinajstić information content (AvgIpc) is 3.12. The molecule has 2 fully saturated rings. The number of likely N-dealkylation sites (tertiary alicyclic amines) is 2. The maximum atomic E-state index is 3.96. The Morgan fingerprint density at radius 3 is 1.00 bits per heavy atom. The second-order valence-electron chi connectivity index (χ2n) is 7.34. The van der Waals surface area contributed by atoms with Crippen LogP contribution in [-0.4, -0.2) is 47.1 Å². The van der Waals surface area contributed by atoms with Crippen LogP contribution < -0.4 is 0 Å². The Hall–Kier alpha value is -1.12. The van der Waals surface area contributed by atoms with Gasteiger partial charge in [0, 0.05) is 37.3 Å². The number of hydrogen-bond donors (Lipinski definition) is 0. The van der Waals surface area contributed by atoms with Crippen molar-refractivity contribution in [3.8, 4) is 0 Å². The van der Waals surface area contributed by atoms with Crippen LogP contribution >= 0.6 is 0 Å². The van der Waals surface area contributed by atoms with E-state index in [9.17, 15) is 0 Å². The van der Waals surface area contributed by atoms with Gasteiger partial charge >= 0.3 is 0 Å². The van der Waals surface area contributed by atoms with Crippen LogP contribution in [0.3, 0.4) is 0 Å². The summed E-state index contributed by atoms with van der Waals surface area (Å²) in [6, 6.07) is 2.69. The summed E-state index contributed by atoms with van der Waals surface area (Å²) in [5, 5.41) is 0. The summed E-state index contributed by atoms with van der Waals surface area (Å²) in [6.07, 6.45) is 18.0. The number of hydrogen-bond acceptors (Lipinski definition) is 2. The van der Waals surface area contributed by atoms with Crippen LogP contribution in [0.1, 0.15) is 51.4 Å². The molecule has 2 saturated heterocycles. The van der Waals surface area contributed by atoms with Crippen LogP contribution in [0.15, 0.2) is 50.6 Å². The van der Waals surface area contributed by atoms with Crippen LogP contribution in [-0.2, 0) is 0 Å². The molecular weight excluding hydrogens is 292 g/mol. The molecule has 2 heteroatoms. The van der Waals surface area contributed by atoms with Gasteiger partial charge in [-0.25, -0.2) is 0 Å². The van der Waals surface area contributed by atoms with E-state index in [4.69, 9.17) is 0 Å². The van der Waals surface area contributed by atoms with Crippen molar-refractivity contribution in [3.05, 3.63) is 50.6 Å². The number of rotatable bonds is 11. The molecule has 0 aromatic carbocycles. The lowest BCUT2D eigenvalue weighted by atomic mass is 10.1. The highest BCUT2D eigenvalue weighted by atomic mass is 15.3. The Morgan fingerprint density at radius 2 is 0.792 bits per heavy atom. The summed E-state index contributed by atoms with van der Waals surface area (Å²) >= 11 is 0. The molecule has 0 saturated carbocycles. The van der Waals surface area contributed by atoms with Gasteiger partial charge in [0.1, 0.15) is 0 Å². The molecule has 2 aliphatic heterocycles. The molecule has 0 N–H and O–H groups in total. The van der Waals surface area contributed by atoms with Crippen molar-refractivity contribution in [2.75, 3.05) is 13.1 Å². The van der Waals surface area contributed by atoms with Gasteiger partial charge in [-0.05, 0) is 51.4 Å². The molecule has 0 aromatic rings. The van der Waals surface area contributed by atoms with E-state index >= 15 is 0 Å². The van der Waals surface area contributed by atoms with Crippen LogP contribution in [0.4, 0.5) is 0 Å². The molecule has 2 nitrogen and oxygen atoms in total. The summed E-state index contributed by atoms with van der Waals surface area (Å²) < 4.78 is 0. The van der Waals surface area contributed by atoms with E-state index in [1.165, 1.54) is 25.7 Å². The van der Waals surface area contributed by atoms with Gasteiger partial charge in [0.25, 0.3) is 0 Å². The second-order valence-corrected chi connectivity index (χ2v) is 7.34. The fourth-order valence-electron chi connectivity index (χ4n) is 4.77. The van der Waals surface area contributed by atoms with Gasteiger partial charge in [0.15, 0.2) is 0 Å². The van der Waals surface area contributed by atoms with E-state index in [0.717, 1.165) is 38.8 Å². The normalized spacial score (nSPS) is 31.2. The van der Waals surface area contributed by atoms with Crippen molar-refractivity contribution in [2.24, 2.45) is 0 Å². The molecule has 0 aromatic heterocycles. The summed E-state index contributed by atoms with van der Waals surface area (Å²) in [6.45, 7) is 18.2. The molecular formula is C22H36N2. The molecule has 0 radical (unpaired) electrons. The Labute approximate surface area is 149 Å². The lowest BCUT2D eigenvalue weighted by Gasteiger charge is -2.35. The fourth-order valence-corrected chi connectivity index (χ4v) is 4.77. The zero-order chi connectivity index (χ0) is 17.4. The van der Waals surface area contributed by atoms with Crippen molar-refractivity contribution in [3.63, 3.8) is 0 Å². The maximum Gasteiger partial charge on any atom is 0.0134 e. The van der Waals surface area contributed by atoms with Crippen LogP contribution in [0.2, 0.25) is 0 Å². The lowest BCUT2D eigenvalue weighted by Crippen LogP contribution is -2.45. The summed E-state index contributed by atoms with van der Waals surface area (Å²) in [4.78, 5) is 5.47. The smallest absolute Gasteiger partial charge is 0.0134 e. The van der Waals surface area contributed by atoms with E-state index in [1.807, 2.05) is 0 Å². The summed E-state index contributed by atoms with van der Waals surface area (Å²) in [7, 11) is 0. The zero-order valence-electron chi connectivity index (χ0n) is 15.4. The quantitative estimate of drug-likeness (QED) is 0.495. The fraction of sp³-hybridized carbons (Fsp3) is 0.636. The maximum absolute atomic E-state index is 3.96. The van der Waals surface area contributed by atoms with E-state index < -0.39 is 0 Å². The van der Waals surface area contributed by atoms with Crippen molar-refractivity contribution in [1.82, 2.24) is 9.80 Å².